The van der Waals surface area contributed by atoms with Crippen molar-refractivity contribution >= 4 is 46.5 Å². The van der Waals surface area contributed by atoms with Gasteiger partial charge in [0.2, 0.25) is 5.91 Å². The summed E-state index contributed by atoms with van der Waals surface area (Å²) < 4.78 is 11.4. The van der Waals surface area contributed by atoms with Gasteiger partial charge in [-0.3, -0.25) is 19.3 Å². The molecule has 4 rings (SSSR count). The fourth-order valence-corrected chi connectivity index (χ4v) is 5.16. The Morgan fingerprint density at radius 2 is 1.75 bits per heavy atom. The molecule has 0 atom stereocenters. The number of hydrogen-bond donors (Lipinski definition) is 0. The third-order valence-electron chi connectivity index (χ3n) is 6.17. The molecule has 2 aromatic rings. The summed E-state index contributed by atoms with van der Waals surface area (Å²) in [7, 11) is 1.55. The van der Waals surface area contributed by atoms with Crippen LogP contribution in [0.5, 0.6) is 11.5 Å². The Labute approximate surface area is 220 Å². The van der Waals surface area contributed by atoms with Crippen LogP contribution in [0, 0.1) is 0 Å². The molecule has 0 bridgehead atoms. The number of nitrogens with zero attached hydrogens (tertiary/aromatic N) is 2. The Kier molecular flexibility index (Phi) is 8.93. The first kappa shape index (κ1) is 26.1. The van der Waals surface area contributed by atoms with Crippen LogP contribution >= 0.6 is 23.4 Å². The van der Waals surface area contributed by atoms with Crippen molar-refractivity contribution in [1.29, 1.82) is 0 Å². The minimum Gasteiger partial charge on any atom is -0.493 e. The van der Waals surface area contributed by atoms with E-state index in [0.717, 1.165) is 61.0 Å². The largest absolute Gasteiger partial charge is 0.493 e. The number of benzene rings is 2. The number of methoxy groups -OCH3 is 1. The number of hydrogen-bond acceptors (Lipinski definition) is 6. The van der Waals surface area contributed by atoms with Crippen LogP contribution in [-0.4, -0.2) is 53.6 Å². The van der Waals surface area contributed by atoms with Gasteiger partial charge >= 0.3 is 0 Å². The van der Waals surface area contributed by atoms with Crippen LogP contribution in [0.1, 0.15) is 43.2 Å². The molecule has 2 aromatic carbocycles. The molecule has 2 fully saturated rings. The highest BCUT2D eigenvalue weighted by molar-refractivity contribution is 8.18. The van der Waals surface area contributed by atoms with Gasteiger partial charge in [0.05, 0.1) is 12.0 Å². The monoisotopic (exact) mass is 528 g/mol. The van der Waals surface area contributed by atoms with Gasteiger partial charge in [-0.05, 0) is 66.1 Å². The molecule has 7 nitrogen and oxygen atoms in total. The molecule has 2 aliphatic rings. The van der Waals surface area contributed by atoms with E-state index in [1.807, 2.05) is 17.0 Å². The third kappa shape index (κ3) is 6.62. The van der Waals surface area contributed by atoms with Crippen molar-refractivity contribution in [3.8, 4) is 11.5 Å². The van der Waals surface area contributed by atoms with E-state index in [2.05, 4.69) is 0 Å². The average molecular weight is 529 g/mol. The first-order valence-electron chi connectivity index (χ1n) is 12.0. The van der Waals surface area contributed by atoms with Gasteiger partial charge in [0.25, 0.3) is 11.1 Å². The van der Waals surface area contributed by atoms with Crippen LogP contribution in [0.15, 0.2) is 47.4 Å². The maximum absolute atomic E-state index is 12.9. The molecule has 0 aromatic heterocycles. The van der Waals surface area contributed by atoms with E-state index in [4.69, 9.17) is 21.1 Å². The number of rotatable bonds is 8. The molecule has 2 saturated heterocycles. The molecule has 0 N–H and O–H groups in total. The van der Waals surface area contributed by atoms with Crippen LogP contribution in [-0.2, 0) is 16.2 Å². The van der Waals surface area contributed by atoms with Crippen molar-refractivity contribution in [3.05, 3.63) is 63.5 Å². The summed E-state index contributed by atoms with van der Waals surface area (Å²) in [6, 6.07) is 12.7. The minimum absolute atomic E-state index is 0.00106. The number of halogens is 1. The van der Waals surface area contributed by atoms with E-state index < -0.39 is 0 Å². The third-order valence-corrected chi connectivity index (χ3v) is 7.33. The summed E-state index contributed by atoms with van der Waals surface area (Å²) in [6.07, 6.45) is 6.09. The predicted molar refractivity (Wildman–Crippen MR) is 141 cm³/mol. The molecule has 190 valence electrons. The lowest BCUT2D eigenvalue weighted by molar-refractivity contribution is -0.131. The number of amides is 3. The Balaban J connectivity index is 1.38. The average Bonchev–Trinajstić information content (AvgIpc) is 3.05. The zero-order valence-electron chi connectivity index (χ0n) is 20.2. The van der Waals surface area contributed by atoms with E-state index in [1.54, 1.807) is 43.5 Å². The highest BCUT2D eigenvalue weighted by atomic mass is 35.5. The standard InChI is InChI=1S/C27H29ClN2O5S/c1-34-23-16-20(8-11-22(23)35-18-19-6-9-21(28)10-7-19)17-24-26(32)30(27(33)36-24)15-12-25(31)29-13-4-2-3-5-14-29/h6-11,16-17H,2-5,12-15,18H2,1H3/b24-17-. The summed E-state index contributed by atoms with van der Waals surface area (Å²) in [6.45, 7) is 1.95. The normalized spacial score (nSPS) is 17.4. The van der Waals surface area contributed by atoms with Crippen molar-refractivity contribution in [2.24, 2.45) is 0 Å². The van der Waals surface area contributed by atoms with Crippen LogP contribution in [0.4, 0.5) is 4.79 Å². The van der Waals surface area contributed by atoms with Crippen molar-refractivity contribution in [2.75, 3.05) is 26.7 Å². The van der Waals surface area contributed by atoms with Gasteiger partial charge in [0.1, 0.15) is 6.61 Å². The van der Waals surface area contributed by atoms with Crippen LogP contribution in [0.2, 0.25) is 5.02 Å². The number of thioether (sulfide) groups is 1. The molecule has 3 amide bonds. The highest BCUT2D eigenvalue weighted by Gasteiger charge is 2.35. The number of likely N-dealkylation sites (tertiary alicyclic amines) is 1. The van der Waals surface area contributed by atoms with Crippen LogP contribution in [0.3, 0.4) is 0 Å². The smallest absolute Gasteiger partial charge is 0.293 e. The highest BCUT2D eigenvalue weighted by Crippen LogP contribution is 2.35. The van der Waals surface area contributed by atoms with E-state index in [-0.39, 0.29) is 30.0 Å². The first-order chi connectivity index (χ1) is 17.4. The van der Waals surface area contributed by atoms with Crippen molar-refractivity contribution < 1.29 is 23.9 Å². The Morgan fingerprint density at radius 1 is 1.03 bits per heavy atom. The van der Waals surface area contributed by atoms with E-state index in [1.165, 1.54) is 0 Å². The van der Waals surface area contributed by atoms with E-state index in [9.17, 15) is 14.4 Å². The summed E-state index contributed by atoms with van der Waals surface area (Å²) in [5, 5.41) is 0.305. The van der Waals surface area contributed by atoms with Gasteiger partial charge in [0, 0.05) is 31.1 Å². The van der Waals surface area contributed by atoms with Gasteiger partial charge in [0.15, 0.2) is 11.5 Å². The second-order valence-corrected chi connectivity index (χ2v) is 10.1. The lowest BCUT2D eigenvalue weighted by Crippen LogP contribution is -2.36. The van der Waals surface area contributed by atoms with Crippen LogP contribution < -0.4 is 9.47 Å². The number of carbonyl (C=O) groups excluding carboxylic acids is 3. The molecule has 0 spiro atoms. The minimum atomic E-state index is -0.379. The summed E-state index contributed by atoms with van der Waals surface area (Å²) in [5.41, 5.74) is 1.67. The fourth-order valence-electron chi connectivity index (χ4n) is 4.16. The van der Waals surface area contributed by atoms with Crippen molar-refractivity contribution in [1.82, 2.24) is 9.80 Å². The van der Waals surface area contributed by atoms with Crippen molar-refractivity contribution in [2.45, 2.75) is 38.7 Å². The molecule has 36 heavy (non-hydrogen) atoms. The summed E-state index contributed by atoms with van der Waals surface area (Å²) in [5.74, 6) is 0.694. The van der Waals surface area contributed by atoms with Crippen LogP contribution in [0.25, 0.3) is 6.08 Å². The van der Waals surface area contributed by atoms with Gasteiger partial charge in [-0.2, -0.15) is 0 Å². The number of carbonyl (C=O) groups is 3. The zero-order chi connectivity index (χ0) is 25.5. The molecule has 0 saturated carbocycles. The molecule has 2 heterocycles. The first-order valence-corrected chi connectivity index (χ1v) is 13.2. The molecular formula is C27H29ClN2O5S. The van der Waals surface area contributed by atoms with Gasteiger partial charge in [-0.25, -0.2) is 0 Å². The lowest BCUT2D eigenvalue weighted by Gasteiger charge is -2.21. The van der Waals surface area contributed by atoms with E-state index >= 15 is 0 Å². The molecule has 9 heteroatoms. The second-order valence-electron chi connectivity index (χ2n) is 8.70. The van der Waals surface area contributed by atoms with Gasteiger partial charge in [-0.1, -0.05) is 42.6 Å². The summed E-state index contributed by atoms with van der Waals surface area (Å²) >= 11 is 6.81. The summed E-state index contributed by atoms with van der Waals surface area (Å²) in [4.78, 5) is 41.3. The predicted octanol–water partition coefficient (Wildman–Crippen LogP) is 5.76. The molecular weight excluding hydrogens is 500 g/mol. The number of ether oxygens (including phenoxy) is 2. The second kappa shape index (κ2) is 12.3. The van der Waals surface area contributed by atoms with E-state index in [0.29, 0.717) is 33.6 Å². The van der Waals surface area contributed by atoms with Gasteiger partial charge < -0.3 is 14.4 Å². The maximum Gasteiger partial charge on any atom is 0.293 e. The Bertz CT molecular complexity index is 1140. The quantitative estimate of drug-likeness (QED) is 0.406. The zero-order valence-corrected chi connectivity index (χ0v) is 21.8. The fraction of sp³-hybridized carbons (Fsp3) is 0.370. The van der Waals surface area contributed by atoms with Crippen molar-refractivity contribution in [3.63, 3.8) is 0 Å². The SMILES string of the molecule is COc1cc(/C=C2\SC(=O)N(CCC(=O)N3CCCCCC3)C2=O)ccc1OCc1ccc(Cl)cc1. The van der Waals surface area contributed by atoms with Gasteiger partial charge in [-0.15, -0.1) is 0 Å². The topological polar surface area (TPSA) is 76.2 Å². The maximum atomic E-state index is 12.9. The Hall–Kier alpha value is -2.97. The Morgan fingerprint density at radius 3 is 2.44 bits per heavy atom. The molecule has 0 aliphatic carbocycles. The number of imide groups is 1. The molecule has 0 radical (unpaired) electrons. The molecule has 2 aliphatic heterocycles. The molecule has 0 unspecified atom stereocenters. The lowest BCUT2D eigenvalue weighted by atomic mass is 10.1.